The quantitative estimate of drug-likeness (QED) is 0.898. The Bertz CT molecular complexity index is 474. The minimum Gasteiger partial charge on any atom is -0.380 e. The number of nitrogens with zero attached hydrogens (tertiary/aromatic N) is 1. The second-order valence-electron chi connectivity index (χ2n) is 5.79. The highest BCUT2D eigenvalue weighted by atomic mass is 19.1. The zero-order chi connectivity index (χ0) is 15.2. The van der Waals surface area contributed by atoms with Crippen molar-refractivity contribution in [2.75, 3.05) is 18.4 Å². The zero-order valence-corrected chi connectivity index (χ0v) is 12.9. The first-order valence-electron chi connectivity index (χ1n) is 7.95. The molecule has 4 heteroatoms. The first-order valence-corrected chi connectivity index (χ1v) is 7.95. The Morgan fingerprint density at radius 3 is 2.86 bits per heavy atom. The van der Waals surface area contributed by atoms with Gasteiger partial charge in [-0.05, 0) is 43.9 Å². The van der Waals surface area contributed by atoms with Crippen LogP contribution in [0.15, 0.2) is 24.3 Å². The third kappa shape index (κ3) is 4.19. The molecule has 0 aromatic heterocycles. The fraction of sp³-hybridized carbons (Fsp3) is 0.588. The van der Waals surface area contributed by atoms with Crippen LogP contribution < -0.4 is 5.32 Å². The normalized spacial score (nSPS) is 18.9. The number of carbonyl (C=O) groups is 1. The number of piperidine rings is 1. The molecule has 0 unspecified atom stereocenters. The summed E-state index contributed by atoms with van der Waals surface area (Å²) in [5, 5.41) is 3.35. The van der Waals surface area contributed by atoms with Gasteiger partial charge in [0.15, 0.2) is 0 Å². The van der Waals surface area contributed by atoms with Gasteiger partial charge in [-0.3, -0.25) is 4.79 Å². The molecule has 1 amide bonds. The number of anilines is 1. The van der Waals surface area contributed by atoms with Crippen molar-refractivity contribution >= 4 is 11.6 Å². The summed E-state index contributed by atoms with van der Waals surface area (Å²) >= 11 is 0. The van der Waals surface area contributed by atoms with E-state index in [-0.39, 0.29) is 23.7 Å². The van der Waals surface area contributed by atoms with Crippen LogP contribution in [0.2, 0.25) is 0 Å². The standard InChI is InChI=1S/C17H25FN2O/c1-3-13(4-2)17(21)20-10-6-9-16(12-20)19-15-8-5-7-14(18)11-15/h5,7-8,11,13,16,19H,3-4,6,9-10,12H2,1-2H3/t16-/m1/s1. The van der Waals surface area contributed by atoms with Crippen LogP contribution >= 0.6 is 0 Å². The molecule has 0 aliphatic carbocycles. The van der Waals surface area contributed by atoms with Gasteiger partial charge in [-0.25, -0.2) is 4.39 Å². The summed E-state index contributed by atoms with van der Waals surface area (Å²) in [6, 6.07) is 6.72. The topological polar surface area (TPSA) is 32.3 Å². The van der Waals surface area contributed by atoms with E-state index < -0.39 is 0 Å². The van der Waals surface area contributed by atoms with Gasteiger partial charge < -0.3 is 10.2 Å². The van der Waals surface area contributed by atoms with Gasteiger partial charge in [0, 0.05) is 30.7 Å². The average molecular weight is 292 g/mol. The minimum absolute atomic E-state index is 0.137. The van der Waals surface area contributed by atoms with E-state index in [4.69, 9.17) is 0 Å². The highest BCUT2D eigenvalue weighted by molar-refractivity contribution is 5.79. The van der Waals surface area contributed by atoms with E-state index in [9.17, 15) is 9.18 Å². The predicted octanol–water partition coefficient (Wildman–Crippen LogP) is 3.66. The van der Waals surface area contributed by atoms with Gasteiger partial charge in [-0.1, -0.05) is 19.9 Å². The molecule has 1 saturated heterocycles. The van der Waals surface area contributed by atoms with E-state index in [0.29, 0.717) is 6.54 Å². The zero-order valence-electron chi connectivity index (χ0n) is 12.9. The van der Waals surface area contributed by atoms with Gasteiger partial charge in [-0.15, -0.1) is 0 Å². The van der Waals surface area contributed by atoms with Crippen LogP contribution in [-0.2, 0) is 4.79 Å². The predicted molar refractivity (Wildman–Crippen MR) is 83.7 cm³/mol. The van der Waals surface area contributed by atoms with E-state index in [1.54, 1.807) is 6.07 Å². The maximum absolute atomic E-state index is 13.2. The number of hydrogen-bond donors (Lipinski definition) is 1. The number of rotatable bonds is 5. The Kier molecular flexibility index (Phi) is 5.59. The molecule has 0 bridgehead atoms. The Hall–Kier alpha value is -1.58. The van der Waals surface area contributed by atoms with E-state index in [0.717, 1.165) is 37.9 Å². The molecule has 0 radical (unpaired) electrons. The molecule has 1 aromatic carbocycles. The van der Waals surface area contributed by atoms with Crippen LogP contribution in [0.25, 0.3) is 0 Å². The molecule has 1 aliphatic rings. The third-order valence-electron chi connectivity index (χ3n) is 4.26. The molecule has 1 aliphatic heterocycles. The number of carbonyl (C=O) groups excluding carboxylic acids is 1. The molecule has 116 valence electrons. The van der Waals surface area contributed by atoms with Gasteiger partial charge >= 0.3 is 0 Å². The summed E-state index contributed by atoms with van der Waals surface area (Å²) < 4.78 is 13.2. The van der Waals surface area contributed by atoms with Crippen LogP contribution in [0.4, 0.5) is 10.1 Å². The minimum atomic E-state index is -0.235. The van der Waals surface area contributed by atoms with Gasteiger partial charge in [0.1, 0.15) is 5.82 Å². The molecule has 1 fully saturated rings. The van der Waals surface area contributed by atoms with Gasteiger partial charge in [0.05, 0.1) is 0 Å². The molecule has 2 rings (SSSR count). The molecule has 1 N–H and O–H groups in total. The molecule has 1 heterocycles. The van der Waals surface area contributed by atoms with E-state index >= 15 is 0 Å². The lowest BCUT2D eigenvalue weighted by Crippen LogP contribution is -2.47. The molecule has 0 spiro atoms. The first kappa shape index (κ1) is 15.8. The SMILES string of the molecule is CCC(CC)C(=O)N1CCC[C@@H](Nc2cccc(F)c2)C1. The lowest BCUT2D eigenvalue weighted by molar-refractivity contribution is -0.136. The maximum Gasteiger partial charge on any atom is 0.225 e. The van der Waals surface area contributed by atoms with Crippen molar-refractivity contribution in [3.8, 4) is 0 Å². The fourth-order valence-electron chi connectivity index (χ4n) is 3.01. The molecular weight excluding hydrogens is 267 g/mol. The first-order chi connectivity index (χ1) is 10.1. The van der Waals surface area contributed by atoms with Crippen molar-refractivity contribution in [2.24, 2.45) is 5.92 Å². The summed E-state index contributed by atoms with van der Waals surface area (Å²) in [5.41, 5.74) is 0.789. The lowest BCUT2D eigenvalue weighted by atomic mass is 9.98. The largest absolute Gasteiger partial charge is 0.380 e. The summed E-state index contributed by atoms with van der Waals surface area (Å²) in [6.07, 6.45) is 3.81. The van der Waals surface area contributed by atoms with Crippen LogP contribution in [0.5, 0.6) is 0 Å². The van der Waals surface area contributed by atoms with Crippen molar-refractivity contribution in [2.45, 2.75) is 45.6 Å². The number of nitrogens with one attached hydrogen (secondary N) is 1. The lowest BCUT2D eigenvalue weighted by Gasteiger charge is -2.35. The molecule has 3 nitrogen and oxygen atoms in total. The molecule has 1 atom stereocenters. The second-order valence-corrected chi connectivity index (χ2v) is 5.79. The van der Waals surface area contributed by atoms with Crippen molar-refractivity contribution < 1.29 is 9.18 Å². The van der Waals surface area contributed by atoms with Crippen LogP contribution in [-0.4, -0.2) is 29.9 Å². The van der Waals surface area contributed by atoms with Gasteiger partial charge in [0.25, 0.3) is 0 Å². The fourth-order valence-corrected chi connectivity index (χ4v) is 3.01. The Labute approximate surface area is 126 Å². The Balaban J connectivity index is 1.96. The molecular formula is C17H25FN2O. The van der Waals surface area contributed by atoms with E-state index in [1.807, 2.05) is 11.0 Å². The Morgan fingerprint density at radius 2 is 2.19 bits per heavy atom. The van der Waals surface area contributed by atoms with E-state index in [1.165, 1.54) is 12.1 Å². The van der Waals surface area contributed by atoms with Crippen LogP contribution in [0.3, 0.4) is 0 Å². The maximum atomic E-state index is 13.2. The number of hydrogen-bond acceptors (Lipinski definition) is 2. The monoisotopic (exact) mass is 292 g/mol. The van der Waals surface area contributed by atoms with Crippen LogP contribution in [0, 0.1) is 11.7 Å². The third-order valence-corrected chi connectivity index (χ3v) is 4.26. The summed E-state index contributed by atoms with van der Waals surface area (Å²) in [5.74, 6) is 0.171. The number of halogens is 1. The van der Waals surface area contributed by atoms with Crippen molar-refractivity contribution in [1.29, 1.82) is 0 Å². The number of amides is 1. The van der Waals surface area contributed by atoms with E-state index in [2.05, 4.69) is 19.2 Å². The summed E-state index contributed by atoms with van der Waals surface area (Å²) in [7, 11) is 0. The van der Waals surface area contributed by atoms with Gasteiger partial charge in [0.2, 0.25) is 5.91 Å². The molecule has 21 heavy (non-hydrogen) atoms. The van der Waals surface area contributed by atoms with Crippen molar-refractivity contribution in [1.82, 2.24) is 4.90 Å². The number of benzene rings is 1. The van der Waals surface area contributed by atoms with Crippen molar-refractivity contribution in [3.05, 3.63) is 30.1 Å². The number of likely N-dealkylation sites (tertiary alicyclic amines) is 1. The summed E-state index contributed by atoms with van der Waals surface area (Å²) in [6.45, 7) is 5.69. The summed E-state index contributed by atoms with van der Waals surface area (Å²) in [4.78, 5) is 14.4. The average Bonchev–Trinajstić information content (AvgIpc) is 2.48. The molecule has 1 aromatic rings. The smallest absolute Gasteiger partial charge is 0.225 e. The van der Waals surface area contributed by atoms with Crippen LogP contribution in [0.1, 0.15) is 39.5 Å². The second kappa shape index (κ2) is 7.43. The Morgan fingerprint density at radius 1 is 1.43 bits per heavy atom. The van der Waals surface area contributed by atoms with Crippen molar-refractivity contribution in [3.63, 3.8) is 0 Å². The highest BCUT2D eigenvalue weighted by Crippen LogP contribution is 2.20. The van der Waals surface area contributed by atoms with Gasteiger partial charge in [-0.2, -0.15) is 0 Å². The molecule has 0 saturated carbocycles. The highest BCUT2D eigenvalue weighted by Gasteiger charge is 2.27.